The predicted octanol–water partition coefficient (Wildman–Crippen LogP) is 11.5. The number of rotatable bonds is 6. The lowest BCUT2D eigenvalue weighted by molar-refractivity contribution is -0.152. The average molecular weight is 1370 g/mol. The summed E-state index contributed by atoms with van der Waals surface area (Å²) in [5, 5.41) is -0.0146. The topological polar surface area (TPSA) is 222 Å². The van der Waals surface area contributed by atoms with E-state index in [0.29, 0.717) is 115 Å². The monoisotopic (exact) mass is 1360 g/mol. The Morgan fingerprint density at radius 2 is 0.979 bits per heavy atom. The van der Waals surface area contributed by atoms with Crippen LogP contribution in [0.1, 0.15) is 160 Å². The number of ether oxygens (including phenoxy) is 6. The molecule has 10 aliphatic rings. The molecular weight excluding hydrogens is 1280 g/mol. The molecule has 12 atom stereocenters. The second kappa shape index (κ2) is 27.8. The Morgan fingerprint density at radius 1 is 0.543 bits per heavy atom. The minimum atomic E-state index is -3.93. The van der Waals surface area contributed by atoms with Crippen LogP contribution in [-0.4, -0.2) is 128 Å². The highest BCUT2D eigenvalue weighted by Crippen LogP contribution is 2.50. The molecule has 4 fully saturated rings. The normalized spacial score (nSPS) is 32.6. The summed E-state index contributed by atoms with van der Waals surface area (Å²) in [6.07, 6.45) is 19.5. The maximum absolute atomic E-state index is 13.5. The van der Waals surface area contributed by atoms with E-state index in [0.717, 1.165) is 85.6 Å². The number of esters is 2. The lowest BCUT2D eigenvalue weighted by Crippen LogP contribution is -2.50. The van der Waals surface area contributed by atoms with Crippen molar-refractivity contribution in [2.24, 2.45) is 23.7 Å². The zero-order valence-electron chi connectivity index (χ0n) is 53.6. The van der Waals surface area contributed by atoms with E-state index in [9.17, 15) is 36.0 Å². The number of sulfonamides is 2. The number of carbonyl (C=O) groups excluding carboxylic acids is 4. The van der Waals surface area contributed by atoms with Gasteiger partial charge in [-0.25, -0.2) is 35.9 Å². The lowest BCUT2D eigenvalue weighted by atomic mass is 9.68. The summed E-state index contributed by atoms with van der Waals surface area (Å²) < 4.78 is 94.8. The van der Waals surface area contributed by atoms with Gasteiger partial charge in [0, 0.05) is 71.0 Å². The van der Waals surface area contributed by atoms with Crippen molar-refractivity contribution in [2.45, 2.75) is 175 Å². The highest BCUT2D eigenvalue weighted by Gasteiger charge is 2.48. The van der Waals surface area contributed by atoms with Crippen molar-refractivity contribution in [1.82, 2.24) is 9.44 Å². The van der Waals surface area contributed by atoms with Gasteiger partial charge in [-0.15, -0.1) is 0 Å². The number of anilines is 2. The third-order valence-electron chi connectivity index (χ3n) is 21.9. The Labute approximate surface area is 562 Å². The maximum Gasteiger partial charge on any atom is 0.335 e. The third-order valence-corrected chi connectivity index (χ3v) is 26.2. The van der Waals surface area contributed by atoms with Gasteiger partial charge in [-0.1, -0.05) is 73.5 Å². The Bertz CT molecular complexity index is 3600. The van der Waals surface area contributed by atoms with Crippen LogP contribution in [0.15, 0.2) is 97.1 Å². The number of fused-ring (bicyclic) bond motifs is 8. The van der Waals surface area contributed by atoms with E-state index in [-0.39, 0.29) is 69.8 Å². The molecule has 4 aromatic carbocycles. The number of hydrogen-bond donors (Lipinski definition) is 2. The second-order valence-electron chi connectivity index (χ2n) is 27.7. The molecule has 504 valence electrons. The van der Waals surface area contributed by atoms with E-state index in [1.807, 2.05) is 50.3 Å². The molecule has 22 heteroatoms. The van der Waals surface area contributed by atoms with E-state index < -0.39 is 54.6 Å². The van der Waals surface area contributed by atoms with Gasteiger partial charge in [-0.05, 0) is 209 Å². The summed E-state index contributed by atoms with van der Waals surface area (Å²) in [7, 11) is -7.86. The fourth-order valence-electron chi connectivity index (χ4n) is 16.5. The summed E-state index contributed by atoms with van der Waals surface area (Å²) in [6.45, 7) is 8.08. The molecule has 0 unspecified atom stereocenters. The number of carbonyl (C=O) groups is 4. The fourth-order valence-corrected chi connectivity index (χ4v) is 19.7. The van der Waals surface area contributed by atoms with Crippen molar-refractivity contribution in [3.8, 4) is 11.5 Å². The molecule has 0 radical (unpaired) electrons. The molecule has 94 heavy (non-hydrogen) atoms. The molecule has 2 spiro atoms. The Balaban J connectivity index is 0.000000171. The highest BCUT2D eigenvalue weighted by molar-refractivity contribution is 7.91. The number of aryl methyl sites for hydroxylation is 2. The highest BCUT2D eigenvalue weighted by atomic mass is 35.5. The number of allylic oxidation sites excluding steroid dienone is 2. The molecule has 4 aromatic rings. The minimum absolute atomic E-state index is 0.172. The molecule has 4 aliphatic carbocycles. The molecule has 18 nitrogen and oxygen atoms in total. The molecule has 0 aromatic heterocycles. The van der Waals surface area contributed by atoms with Crippen LogP contribution < -0.4 is 28.7 Å². The smallest absolute Gasteiger partial charge is 0.335 e. The zero-order valence-corrected chi connectivity index (χ0v) is 56.7. The molecule has 14 rings (SSSR count). The van der Waals surface area contributed by atoms with Crippen LogP contribution in [0.4, 0.5) is 11.4 Å². The number of halogens is 2. The van der Waals surface area contributed by atoms with Crippen LogP contribution in [0, 0.1) is 23.7 Å². The van der Waals surface area contributed by atoms with Gasteiger partial charge in [0.15, 0.2) is 12.2 Å². The van der Waals surface area contributed by atoms with Gasteiger partial charge in [0.1, 0.15) is 11.5 Å². The summed E-state index contributed by atoms with van der Waals surface area (Å²) in [4.78, 5) is 56.5. The van der Waals surface area contributed by atoms with Crippen LogP contribution in [0.3, 0.4) is 0 Å². The first-order valence-corrected chi connectivity index (χ1v) is 37.9. The first kappa shape index (κ1) is 66.5. The number of hydrogen-bond acceptors (Lipinski definition) is 16. The van der Waals surface area contributed by atoms with E-state index in [2.05, 4.69) is 43.5 Å². The second-order valence-corrected chi connectivity index (χ2v) is 32.5. The molecule has 2 amide bonds. The maximum atomic E-state index is 13.5. The Hall–Kier alpha value is -6.16. The first-order valence-electron chi connectivity index (χ1n) is 34.0. The number of nitrogens with one attached hydrogen (secondary N) is 2. The van der Waals surface area contributed by atoms with Gasteiger partial charge in [-0.3, -0.25) is 9.59 Å². The van der Waals surface area contributed by atoms with E-state index in [4.69, 9.17) is 51.6 Å². The Morgan fingerprint density at radius 3 is 1.36 bits per heavy atom. The van der Waals surface area contributed by atoms with Gasteiger partial charge in [-0.2, -0.15) is 0 Å². The lowest BCUT2D eigenvalue weighted by Gasteiger charge is -2.46. The predicted molar refractivity (Wildman–Crippen MR) is 359 cm³/mol. The average Bonchev–Trinajstić information content (AvgIpc) is 1.46. The standard InChI is InChI=1S/2C36H43ClN2O7S/c2*1-2-27-7-3-4-8-31(46-33-15-17-44-35(33)41)28-12-9-25(28)20-39-21-36(16-5-6-23-18-26(37)11-13-29(23)36)22-45-32-14-10-24(19-30(32)39)34(40)38-47(27,42)43/h2*4,8,10-11,13-14,18-19,25,27-28,31,33H,2-3,5-7,9,12,15-17,20-22H2,1H3,(H,38,40)/b2*8-4+/t25-,27+,28+,31-,33+,36-;25-,27+,28+,31-,33-,36-/m00/s1. The molecule has 2 saturated carbocycles. The number of nitrogens with zero attached hydrogens (tertiary/aromatic N) is 2. The van der Waals surface area contributed by atoms with Crippen molar-refractivity contribution in [1.29, 1.82) is 0 Å². The number of benzene rings is 4. The van der Waals surface area contributed by atoms with Crippen molar-refractivity contribution >= 4 is 78.4 Å². The van der Waals surface area contributed by atoms with Crippen LogP contribution >= 0.6 is 23.2 Å². The van der Waals surface area contributed by atoms with Crippen molar-refractivity contribution in [3.63, 3.8) is 0 Å². The van der Waals surface area contributed by atoms with Crippen molar-refractivity contribution in [3.05, 3.63) is 141 Å². The van der Waals surface area contributed by atoms with Gasteiger partial charge < -0.3 is 38.2 Å². The largest absolute Gasteiger partial charge is 0.490 e. The van der Waals surface area contributed by atoms with Crippen LogP contribution in [-0.2, 0) is 72.3 Å². The van der Waals surface area contributed by atoms with E-state index in [1.165, 1.54) is 22.3 Å². The third kappa shape index (κ3) is 13.8. The molecule has 6 heterocycles. The van der Waals surface area contributed by atoms with Crippen molar-refractivity contribution in [2.75, 3.05) is 62.4 Å². The summed E-state index contributed by atoms with van der Waals surface area (Å²) in [5.41, 5.74) is 6.52. The van der Waals surface area contributed by atoms with E-state index >= 15 is 0 Å². The van der Waals surface area contributed by atoms with Crippen LogP contribution in [0.5, 0.6) is 11.5 Å². The van der Waals surface area contributed by atoms with Crippen LogP contribution in [0.25, 0.3) is 0 Å². The first-order chi connectivity index (χ1) is 45.3. The fraction of sp³-hybridized carbons (Fsp3) is 0.556. The SMILES string of the molecule is CC[C@@H]1CC/C=C/[C@H](O[C@@H]2CCOC2=O)[C@@H]2CC[C@H]2CN2C[C@@]3(CCCc4cc(Cl)ccc43)COc3ccc(cc32)C(=O)NS1(=O)=O.CC[C@@H]1CC/C=C/[C@H](O[C@H]2CCOC2=O)[C@@H]2CC[C@H]2CN2C[C@@]3(CCCc4cc(Cl)ccc43)COc3ccc(cc32)C(=O)NS1(=O)=O. The van der Waals surface area contributed by atoms with Crippen LogP contribution in [0.2, 0.25) is 10.0 Å². The molecule has 2 saturated heterocycles. The molecular formula is C72H86Cl2N4O14S2. The molecule has 4 bridgehead atoms. The van der Waals surface area contributed by atoms with Crippen molar-refractivity contribution < 1.29 is 64.4 Å². The van der Waals surface area contributed by atoms with Gasteiger partial charge in [0.2, 0.25) is 20.0 Å². The Kier molecular flexibility index (Phi) is 19.6. The summed E-state index contributed by atoms with van der Waals surface area (Å²) in [5.74, 6) is 0.320. The number of amides is 2. The number of cyclic esters (lactones) is 2. The quantitative estimate of drug-likeness (QED) is 0.135. The molecule has 2 N–H and O–H groups in total. The minimum Gasteiger partial charge on any atom is -0.490 e. The summed E-state index contributed by atoms with van der Waals surface area (Å²) >= 11 is 12.9. The van der Waals surface area contributed by atoms with Gasteiger partial charge in [0.05, 0.1) is 60.5 Å². The molecule has 6 aliphatic heterocycles. The van der Waals surface area contributed by atoms with E-state index in [1.54, 1.807) is 36.4 Å². The zero-order chi connectivity index (χ0) is 65.5. The summed E-state index contributed by atoms with van der Waals surface area (Å²) in [6, 6.07) is 22.8. The van der Waals surface area contributed by atoms with Gasteiger partial charge >= 0.3 is 11.9 Å². The van der Waals surface area contributed by atoms with Gasteiger partial charge in [0.25, 0.3) is 11.8 Å².